The van der Waals surface area contributed by atoms with Crippen LogP contribution in [0.4, 0.5) is 18.3 Å². The summed E-state index contributed by atoms with van der Waals surface area (Å²) in [6, 6.07) is 0.229. The Morgan fingerprint density at radius 2 is 2.12 bits per heavy atom. The van der Waals surface area contributed by atoms with Gasteiger partial charge in [0.15, 0.2) is 0 Å². The number of nitrogens with one attached hydrogen (secondary N) is 1. The lowest BCUT2D eigenvalue weighted by Gasteiger charge is -2.26. The van der Waals surface area contributed by atoms with Crippen LogP contribution in [0.5, 0.6) is 0 Å². The Balaban J connectivity index is 1.97. The number of halogens is 3. The van der Waals surface area contributed by atoms with Gasteiger partial charge in [0.2, 0.25) is 11.0 Å². The van der Waals surface area contributed by atoms with E-state index in [0.29, 0.717) is 5.92 Å². The van der Waals surface area contributed by atoms with E-state index in [0.717, 1.165) is 30.8 Å². The van der Waals surface area contributed by atoms with E-state index in [2.05, 4.69) is 21.6 Å². The summed E-state index contributed by atoms with van der Waals surface area (Å²) < 4.78 is 40.2. The van der Waals surface area contributed by atoms with Crippen LogP contribution in [-0.4, -0.2) is 15.4 Å². The first-order valence-corrected chi connectivity index (χ1v) is 6.40. The first-order valence-electron chi connectivity index (χ1n) is 5.62. The van der Waals surface area contributed by atoms with Gasteiger partial charge in [-0.1, -0.05) is 19.8 Å². The standard InChI is InChI=1S/C10H14F3N3S/c1-6-3-2-4-7(5-6)14-9-15-8(16-17-9)10(11,12)13/h6-7H,2-5H2,1H3,(H,14,15,16). The fraction of sp³-hybridized carbons (Fsp3) is 0.800. The highest BCUT2D eigenvalue weighted by molar-refractivity contribution is 7.09. The Hall–Kier alpha value is -0.850. The third kappa shape index (κ3) is 3.31. The lowest BCUT2D eigenvalue weighted by Crippen LogP contribution is -2.26. The van der Waals surface area contributed by atoms with Crippen LogP contribution < -0.4 is 5.32 Å². The summed E-state index contributed by atoms with van der Waals surface area (Å²) in [6.07, 6.45) is -0.158. The summed E-state index contributed by atoms with van der Waals surface area (Å²) in [5.74, 6) is -0.426. The van der Waals surface area contributed by atoms with Crippen LogP contribution in [0.2, 0.25) is 0 Å². The van der Waals surface area contributed by atoms with Gasteiger partial charge in [-0.15, -0.1) is 0 Å². The van der Waals surface area contributed by atoms with Gasteiger partial charge in [0.25, 0.3) is 0 Å². The van der Waals surface area contributed by atoms with Gasteiger partial charge in [-0.3, -0.25) is 0 Å². The molecule has 2 rings (SSSR count). The van der Waals surface area contributed by atoms with Crippen LogP contribution in [0, 0.1) is 5.92 Å². The molecule has 1 N–H and O–H groups in total. The second-order valence-corrected chi connectivity index (χ2v) is 5.29. The van der Waals surface area contributed by atoms with Crippen molar-refractivity contribution in [3.05, 3.63) is 5.82 Å². The fourth-order valence-corrected chi connectivity index (χ4v) is 2.80. The predicted molar refractivity (Wildman–Crippen MR) is 60.0 cm³/mol. The molecule has 1 aliphatic carbocycles. The Labute approximate surface area is 102 Å². The molecule has 0 spiro atoms. The van der Waals surface area contributed by atoms with E-state index in [-0.39, 0.29) is 11.2 Å². The van der Waals surface area contributed by atoms with Crippen LogP contribution in [0.25, 0.3) is 0 Å². The van der Waals surface area contributed by atoms with E-state index >= 15 is 0 Å². The van der Waals surface area contributed by atoms with Gasteiger partial charge < -0.3 is 5.32 Å². The molecule has 3 nitrogen and oxygen atoms in total. The average Bonchev–Trinajstić information content (AvgIpc) is 2.65. The second-order valence-electron chi connectivity index (χ2n) is 4.53. The van der Waals surface area contributed by atoms with Crippen molar-refractivity contribution in [1.29, 1.82) is 0 Å². The minimum Gasteiger partial charge on any atom is -0.358 e. The molecule has 2 unspecified atom stereocenters. The van der Waals surface area contributed by atoms with Crippen LogP contribution in [0.3, 0.4) is 0 Å². The largest absolute Gasteiger partial charge is 0.452 e. The van der Waals surface area contributed by atoms with Crippen molar-refractivity contribution >= 4 is 16.7 Å². The highest BCUT2D eigenvalue weighted by Gasteiger charge is 2.36. The van der Waals surface area contributed by atoms with E-state index in [1.807, 2.05) is 0 Å². The molecule has 1 saturated carbocycles. The number of hydrogen-bond acceptors (Lipinski definition) is 4. The number of aromatic nitrogens is 2. The van der Waals surface area contributed by atoms with Crippen LogP contribution in [0.15, 0.2) is 0 Å². The molecule has 1 aromatic rings. The molecule has 1 fully saturated rings. The molecule has 0 amide bonds. The molecule has 1 aromatic heterocycles. The molecule has 1 aliphatic rings. The molecule has 0 aliphatic heterocycles. The SMILES string of the molecule is CC1CCCC(Nc2nc(C(F)(F)F)ns2)C1. The van der Waals surface area contributed by atoms with Gasteiger partial charge >= 0.3 is 6.18 Å². The van der Waals surface area contributed by atoms with Gasteiger partial charge in [0.05, 0.1) is 0 Å². The number of rotatable bonds is 2. The van der Waals surface area contributed by atoms with E-state index in [4.69, 9.17) is 0 Å². The van der Waals surface area contributed by atoms with Crippen molar-refractivity contribution in [2.24, 2.45) is 5.92 Å². The van der Waals surface area contributed by atoms with Gasteiger partial charge in [0, 0.05) is 17.6 Å². The Morgan fingerprint density at radius 1 is 1.35 bits per heavy atom. The smallest absolute Gasteiger partial charge is 0.358 e. The van der Waals surface area contributed by atoms with Crippen molar-refractivity contribution in [3.8, 4) is 0 Å². The molecule has 0 radical (unpaired) electrons. The summed E-state index contributed by atoms with van der Waals surface area (Å²) in [5.41, 5.74) is 0. The molecule has 0 aromatic carbocycles. The number of anilines is 1. The Morgan fingerprint density at radius 3 is 2.71 bits per heavy atom. The maximum atomic E-state index is 12.3. The van der Waals surface area contributed by atoms with Gasteiger partial charge in [-0.25, -0.2) is 0 Å². The first kappa shape index (κ1) is 12.6. The molecule has 0 saturated heterocycles. The highest BCUT2D eigenvalue weighted by atomic mass is 32.1. The molecule has 1 heterocycles. The van der Waals surface area contributed by atoms with Crippen LogP contribution >= 0.6 is 11.5 Å². The number of alkyl halides is 3. The van der Waals surface area contributed by atoms with E-state index in [1.54, 1.807) is 0 Å². The summed E-state index contributed by atoms with van der Waals surface area (Å²) in [6.45, 7) is 2.16. The molecule has 7 heteroatoms. The molecule has 96 valence electrons. The normalized spacial score (nSPS) is 25.9. The predicted octanol–water partition coefficient (Wildman–Crippen LogP) is 3.55. The first-order chi connectivity index (χ1) is 7.95. The van der Waals surface area contributed by atoms with Crippen molar-refractivity contribution in [2.75, 3.05) is 5.32 Å². The lowest BCUT2D eigenvalue weighted by molar-refractivity contribution is -0.144. The quantitative estimate of drug-likeness (QED) is 0.888. The lowest BCUT2D eigenvalue weighted by atomic mass is 9.87. The molecular weight excluding hydrogens is 251 g/mol. The van der Waals surface area contributed by atoms with Crippen LogP contribution in [-0.2, 0) is 6.18 Å². The van der Waals surface area contributed by atoms with E-state index in [1.165, 1.54) is 6.42 Å². The van der Waals surface area contributed by atoms with Gasteiger partial charge in [-0.05, 0) is 18.8 Å². The van der Waals surface area contributed by atoms with E-state index in [9.17, 15) is 13.2 Å². The third-order valence-electron chi connectivity index (χ3n) is 2.94. The van der Waals surface area contributed by atoms with Gasteiger partial charge in [0.1, 0.15) is 0 Å². The molecule has 17 heavy (non-hydrogen) atoms. The highest BCUT2D eigenvalue weighted by Crippen LogP contribution is 2.31. The maximum absolute atomic E-state index is 12.3. The topological polar surface area (TPSA) is 37.8 Å². The number of hydrogen-bond donors (Lipinski definition) is 1. The van der Waals surface area contributed by atoms with Crippen molar-refractivity contribution in [1.82, 2.24) is 9.36 Å². The Bertz CT molecular complexity index is 377. The van der Waals surface area contributed by atoms with E-state index < -0.39 is 12.0 Å². The summed E-state index contributed by atoms with van der Waals surface area (Å²) >= 11 is 0.779. The fourth-order valence-electron chi connectivity index (χ4n) is 2.14. The minimum atomic E-state index is -4.45. The van der Waals surface area contributed by atoms with Crippen molar-refractivity contribution in [3.63, 3.8) is 0 Å². The Kier molecular flexibility index (Phi) is 3.56. The van der Waals surface area contributed by atoms with Crippen molar-refractivity contribution < 1.29 is 13.2 Å². The average molecular weight is 265 g/mol. The zero-order valence-electron chi connectivity index (χ0n) is 9.42. The summed E-state index contributed by atoms with van der Waals surface area (Å²) in [7, 11) is 0. The van der Waals surface area contributed by atoms with Crippen LogP contribution in [0.1, 0.15) is 38.4 Å². The molecule has 0 bridgehead atoms. The maximum Gasteiger partial charge on any atom is 0.452 e. The third-order valence-corrected chi connectivity index (χ3v) is 3.59. The van der Waals surface area contributed by atoms with Crippen molar-refractivity contribution in [2.45, 2.75) is 44.8 Å². The van der Waals surface area contributed by atoms with Gasteiger partial charge in [-0.2, -0.15) is 22.5 Å². The number of nitrogens with zero attached hydrogens (tertiary/aromatic N) is 2. The molecule has 2 atom stereocenters. The summed E-state index contributed by atoms with van der Waals surface area (Å²) in [4.78, 5) is 3.47. The minimum absolute atomic E-state index is 0.229. The molecular formula is C10H14F3N3S. The zero-order chi connectivity index (χ0) is 12.5. The second kappa shape index (κ2) is 4.80. The summed E-state index contributed by atoms with van der Waals surface area (Å²) in [5, 5.41) is 3.32. The zero-order valence-corrected chi connectivity index (χ0v) is 10.2. The monoisotopic (exact) mass is 265 g/mol.